The summed E-state index contributed by atoms with van der Waals surface area (Å²) in [5, 5.41) is 12.5. The Balaban J connectivity index is 1.73. The maximum Gasteiger partial charge on any atom is 0.0628 e. The fourth-order valence-corrected chi connectivity index (χ4v) is 3.12. The van der Waals surface area contributed by atoms with E-state index in [4.69, 9.17) is 5.26 Å². The highest BCUT2D eigenvalue weighted by Gasteiger charge is 2.42. The fraction of sp³-hybridized carbons (Fsp3) is 0.933. The van der Waals surface area contributed by atoms with Gasteiger partial charge >= 0.3 is 0 Å². The Kier molecular flexibility index (Phi) is 4.45. The molecule has 0 heterocycles. The number of hydrogen-bond acceptors (Lipinski definition) is 2. The van der Waals surface area contributed by atoms with Crippen LogP contribution >= 0.6 is 0 Å². The second-order valence-corrected chi connectivity index (χ2v) is 6.26. The van der Waals surface area contributed by atoms with Crippen molar-refractivity contribution >= 4 is 0 Å². The molecule has 2 nitrogen and oxygen atoms in total. The maximum absolute atomic E-state index is 8.82. The van der Waals surface area contributed by atoms with Gasteiger partial charge in [-0.25, -0.2) is 0 Å². The molecule has 0 radical (unpaired) electrons. The van der Waals surface area contributed by atoms with Crippen molar-refractivity contribution in [2.75, 3.05) is 6.54 Å². The van der Waals surface area contributed by atoms with E-state index in [9.17, 15) is 0 Å². The molecule has 1 atom stereocenters. The first-order chi connectivity index (χ1) is 8.26. The Morgan fingerprint density at radius 2 is 1.88 bits per heavy atom. The molecule has 0 unspecified atom stereocenters. The Bertz CT molecular complexity index is 267. The van der Waals surface area contributed by atoms with Gasteiger partial charge in [-0.3, -0.25) is 0 Å². The van der Waals surface area contributed by atoms with Gasteiger partial charge in [0.05, 0.1) is 6.07 Å². The molecule has 0 spiro atoms. The van der Waals surface area contributed by atoms with Gasteiger partial charge in [-0.1, -0.05) is 25.7 Å². The van der Waals surface area contributed by atoms with Crippen molar-refractivity contribution in [2.45, 2.75) is 70.8 Å². The minimum atomic E-state index is 0.355. The lowest BCUT2D eigenvalue weighted by Crippen LogP contribution is -2.37. The van der Waals surface area contributed by atoms with Gasteiger partial charge < -0.3 is 5.32 Å². The highest BCUT2D eigenvalue weighted by Crippen LogP contribution is 2.48. The quantitative estimate of drug-likeness (QED) is 0.737. The number of rotatable bonds is 5. The van der Waals surface area contributed by atoms with Gasteiger partial charge in [-0.2, -0.15) is 5.26 Å². The third-order valence-corrected chi connectivity index (χ3v) is 4.82. The summed E-state index contributed by atoms with van der Waals surface area (Å²) in [6.07, 6.45) is 11.8. The molecular formula is C15H26N2. The molecule has 0 aromatic heterocycles. The average molecular weight is 234 g/mol. The summed E-state index contributed by atoms with van der Waals surface area (Å²) in [5.74, 6) is 0.871. The van der Waals surface area contributed by atoms with Gasteiger partial charge in [-0.15, -0.1) is 0 Å². The normalized spacial score (nSPS) is 25.9. The molecule has 1 N–H and O–H groups in total. The molecule has 2 fully saturated rings. The Labute approximate surface area is 106 Å². The summed E-state index contributed by atoms with van der Waals surface area (Å²) >= 11 is 0. The molecular weight excluding hydrogens is 208 g/mol. The number of nitrogens with zero attached hydrogens (tertiary/aromatic N) is 1. The molecule has 2 aliphatic rings. The van der Waals surface area contributed by atoms with E-state index in [1.54, 1.807) is 0 Å². The number of nitrogens with one attached hydrogen (secondary N) is 1. The van der Waals surface area contributed by atoms with Crippen molar-refractivity contribution in [2.24, 2.45) is 11.3 Å². The van der Waals surface area contributed by atoms with Crippen LogP contribution in [0.5, 0.6) is 0 Å². The van der Waals surface area contributed by atoms with Crippen LogP contribution in [0.3, 0.4) is 0 Å². The van der Waals surface area contributed by atoms with Crippen LogP contribution in [0.2, 0.25) is 0 Å². The van der Waals surface area contributed by atoms with Crippen LogP contribution in [-0.2, 0) is 0 Å². The van der Waals surface area contributed by atoms with E-state index in [0.717, 1.165) is 18.9 Å². The zero-order chi connectivity index (χ0) is 12.1. The first kappa shape index (κ1) is 12.9. The SMILES string of the molecule is C[C@H](NCC1(CC#N)CC1)C1CCCCCC1. The molecule has 0 aliphatic heterocycles. The number of nitriles is 1. The van der Waals surface area contributed by atoms with E-state index in [-0.39, 0.29) is 0 Å². The summed E-state index contributed by atoms with van der Waals surface area (Å²) in [7, 11) is 0. The predicted octanol–water partition coefficient (Wildman–Crippen LogP) is 3.63. The first-order valence-corrected chi connectivity index (χ1v) is 7.36. The maximum atomic E-state index is 8.82. The summed E-state index contributed by atoms with van der Waals surface area (Å²) in [6.45, 7) is 3.41. The first-order valence-electron chi connectivity index (χ1n) is 7.36. The van der Waals surface area contributed by atoms with Crippen LogP contribution in [-0.4, -0.2) is 12.6 Å². The summed E-state index contributed by atoms with van der Waals surface area (Å²) in [5.41, 5.74) is 0.355. The van der Waals surface area contributed by atoms with Crippen LogP contribution in [0.4, 0.5) is 0 Å². The van der Waals surface area contributed by atoms with Crippen molar-refractivity contribution < 1.29 is 0 Å². The third kappa shape index (κ3) is 3.71. The summed E-state index contributed by atoms with van der Waals surface area (Å²) in [6, 6.07) is 2.99. The van der Waals surface area contributed by atoms with E-state index in [0.29, 0.717) is 11.5 Å². The minimum Gasteiger partial charge on any atom is -0.313 e. The standard InChI is InChI=1S/C15H26N2/c1-13(14-6-4-2-3-5-7-14)17-12-15(8-9-15)10-11-16/h13-14,17H,2-10,12H2,1H3/t13-/m0/s1. The summed E-state index contributed by atoms with van der Waals surface area (Å²) < 4.78 is 0. The topological polar surface area (TPSA) is 35.8 Å². The van der Waals surface area contributed by atoms with Crippen molar-refractivity contribution in [1.29, 1.82) is 5.26 Å². The Morgan fingerprint density at radius 1 is 1.24 bits per heavy atom. The second-order valence-electron chi connectivity index (χ2n) is 6.26. The lowest BCUT2D eigenvalue weighted by atomic mass is 9.92. The molecule has 0 aromatic rings. The molecule has 0 bridgehead atoms. The van der Waals surface area contributed by atoms with Crippen LogP contribution in [0.1, 0.15) is 64.7 Å². The molecule has 2 saturated carbocycles. The van der Waals surface area contributed by atoms with Crippen LogP contribution in [0.15, 0.2) is 0 Å². The monoisotopic (exact) mass is 234 g/mol. The molecule has 0 aromatic carbocycles. The predicted molar refractivity (Wildman–Crippen MR) is 70.6 cm³/mol. The van der Waals surface area contributed by atoms with Gasteiger partial charge in [-0.05, 0) is 43.9 Å². The van der Waals surface area contributed by atoms with E-state index < -0.39 is 0 Å². The van der Waals surface area contributed by atoms with Gasteiger partial charge in [0.2, 0.25) is 0 Å². The van der Waals surface area contributed by atoms with Crippen molar-refractivity contribution in [3.8, 4) is 6.07 Å². The fourth-order valence-electron chi connectivity index (χ4n) is 3.12. The minimum absolute atomic E-state index is 0.355. The van der Waals surface area contributed by atoms with E-state index in [1.165, 1.54) is 51.4 Å². The Hall–Kier alpha value is -0.550. The largest absolute Gasteiger partial charge is 0.313 e. The molecule has 0 saturated heterocycles. The molecule has 2 heteroatoms. The zero-order valence-electron chi connectivity index (χ0n) is 11.2. The van der Waals surface area contributed by atoms with Crippen molar-refractivity contribution in [1.82, 2.24) is 5.32 Å². The lowest BCUT2D eigenvalue weighted by molar-refractivity contribution is 0.313. The van der Waals surface area contributed by atoms with Crippen LogP contribution < -0.4 is 5.32 Å². The van der Waals surface area contributed by atoms with E-state index >= 15 is 0 Å². The highest BCUT2D eigenvalue weighted by atomic mass is 14.9. The van der Waals surface area contributed by atoms with Crippen molar-refractivity contribution in [3.63, 3.8) is 0 Å². The molecule has 17 heavy (non-hydrogen) atoms. The second kappa shape index (κ2) is 5.87. The average Bonchev–Trinajstić information content (AvgIpc) is 3.10. The van der Waals surface area contributed by atoms with E-state index in [2.05, 4.69) is 18.3 Å². The highest BCUT2D eigenvalue weighted by molar-refractivity contribution is 5.01. The van der Waals surface area contributed by atoms with Gasteiger partial charge in [0, 0.05) is 19.0 Å². The third-order valence-electron chi connectivity index (χ3n) is 4.82. The molecule has 2 aliphatic carbocycles. The zero-order valence-corrected chi connectivity index (χ0v) is 11.2. The molecule has 96 valence electrons. The van der Waals surface area contributed by atoms with Gasteiger partial charge in [0.15, 0.2) is 0 Å². The smallest absolute Gasteiger partial charge is 0.0628 e. The lowest BCUT2D eigenvalue weighted by Gasteiger charge is -2.25. The number of hydrogen-bond donors (Lipinski definition) is 1. The Morgan fingerprint density at radius 3 is 2.41 bits per heavy atom. The van der Waals surface area contributed by atoms with Crippen LogP contribution in [0, 0.1) is 22.7 Å². The molecule has 0 amide bonds. The van der Waals surface area contributed by atoms with E-state index in [1.807, 2.05) is 0 Å². The van der Waals surface area contributed by atoms with Crippen LogP contribution in [0.25, 0.3) is 0 Å². The molecule has 2 rings (SSSR count). The van der Waals surface area contributed by atoms with Gasteiger partial charge in [0.25, 0.3) is 0 Å². The van der Waals surface area contributed by atoms with Gasteiger partial charge in [0.1, 0.15) is 0 Å². The summed E-state index contributed by atoms with van der Waals surface area (Å²) in [4.78, 5) is 0. The van der Waals surface area contributed by atoms with Crippen molar-refractivity contribution in [3.05, 3.63) is 0 Å².